The summed E-state index contributed by atoms with van der Waals surface area (Å²) >= 11 is 0. The van der Waals surface area contributed by atoms with Crippen LogP contribution in [0.15, 0.2) is 30.9 Å². The maximum atomic E-state index is 5.45. The van der Waals surface area contributed by atoms with E-state index < -0.39 is 0 Å². The predicted octanol–water partition coefficient (Wildman–Crippen LogP) is 6.54. The van der Waals surface area contributed by atoms with E-state index in [0.29, 0.717) is 5.92 Å². The summed E-state index contributed by atoms with van der Waals surface area (Å²) in [6.45, 7) is 14.1. The van der Waals surface area contributed by atoms with Crippen LogP contribution < -0.4 is 4.74 Å². The zero-order valence-electron chi connectivity index (χ0n) is 15.9. The Morgan fingerprint density at radius 3 is 2.67 bits per heavy atom. The molecular weight excluding hydrogens is 294 g/mol. The van der Waals surface area contributed by atoms with Crippen molar-refractivity contribution >= 4 is 22.6 Å². The van der Waals surface area contributed by atoms with Crippen molar-refractivity contribution in [1.29, 1.82) is 0 Å². The van der Waals surface area contributed by atoms with Gasteiger partial charge in [-0.15, -0.1) is 0 Å². The number of hydrogen-bond donors (Lipinski definition) is 0. The largest absolute Gasteiger partial charge is 0.497 e. The van der Waals surface area contributed by atoms with Crippen LogP contribution in [0.1, 0.15) is 58.2 Å². The molecule has 2 rings (SSSR count). The molecular formula is C22H31NO. The molecule has 0 bridgehead atoms. The number of fused-ring (bicyclic) bond motifs is 1. The van der Waals surface area contributed by atoms with Gasteiger partial charge in [-0.1, -0.05) is 52.3 Å². The maximum Gasteiger partial charge on any atom is 0.120 e. The van der Waals surface area contributed by atoms with Gasteiger partial charge in [-0.2, -0.15) is 0 Å². The van der Waals surface area contributed by atoms with Crippen molar-refractivity contribution in [3.8, 4) is 5.75 Å². The van der Waals surface area contributed by atoms with Crippen LogP contribution in [-0.4, -0.2) is 11.7 Å². The second kappa shape index (κ2) is 8.23. The van der Waals surface area contributed by atoms with E-state index in [1.165, 1.54) is 28.6 Å². The highest BCUT2D eigenvalue weighted by molar-refractivity contribution is 5.96. The van der Waals surface area contributed by atoms with Crippen molar-refractivity contribution < 1.29 is 4.74 Å². The fourth-order valence-corrected chi connectivity index (χ4v) is 3.06. The van der Waals surface area contributed by atoms with Gasteiger partial charge in [-0.05, 0) is 37.0 Å². The Labute approximate surface area is 146 Å². The normalized spacial score (nSPS) is 12.9. The summed E-state index contributed by atoms with van der Waals surface area (Å²) in [6, 6.07) is 6.38. The highest BCUT2D eigenvalue weighted by atomic mass is 16.5. The lowest BCUT2D eigenvalue weighted by atomic mass is 10.0. The SMILES string of the molecule is C=C(C)c1c(/C=C\[C@H](C)CC)c2ccc(OC)cc2n1CCCC. The summed E-state index contributed by atoms with van der Waals surface area (Å²) in [5.74, 6) is 1.48. The van der Waals surface area contributed by atoms with E-state index in [2.05, 4.69) is 69.2 Å². The third kappa shape index (κ3) is 3.75. The number of benzene rings is 1. The molecule has 130 valence electrons. The minimum Gasteiger partial charge on any atom is -0.497 e. The zero-order chi connectivity index (χ0) is 17.7. The van der Waals surface area contributed by atoms with Crippen LogP contribution >= 0.6 is 0 Å². The first-order chi connectivity index (χ1) is 11.5. The van der Waals surface area contributed by atoms with Crippen molar-refractivity contribution in [2.45, 2.75) is 53.5 Å². The molecule has 24 heavy (non-hydrogen) atoms. The van der Waals surface area contributed by atoms with E-state index >= 15 is 0 Å². The third-order valence-electron chi connectivity index (χ3n) is 4.69. The van der Waals surface area contributed by atoms with Crippen LogP contribution in [0.25, 0.3) is 22.6 Å². The van der Waals surface area contributed by atoms with Gasteiger partial charge < -0.3 is 9.30 Å². The quantitative estimate of drug-likeness (QED) is 0.537. The Morgan fingerprint density at radius 1 is 1.33 bits per heavy atom. The first kappa shape index (κ1) is 18.4. The molecule has 0 radical (unpaired) electrons. The lowest BCUT2D eigenvalue weighted by molar-refractivity contribution is 0.415. The van der Waals surface area contributed by atoms with Crippen LogP contribution in [0, 0.1) is 5.92 Å². The summed E-state index contributed by atoms with van der Waals surface area (Å²) in [5.41, 5.74) is 4.90. The van der Waals surface area contributed by atoms with Gasteiger partial charge >= 0.3 is 0 Å². The second-order valence-corrected chi connectivity index (χ2v) is 6.68. The average Bonchev–Trinajstić information content (AvgIpc) is 2.90. The van der Waals surface area contributed by atoms with E-state index in [1.54, 1.807) is 7.11 Å². The molecule has 2 nitrogen and oxygen atoms in total. The molecule has 1 aromatic carbocycles. The van der Waals surface area contributed by atoms with Crippen LogP contribution in [0.5, 0.6) is 5.75 Å². The van der Waals surface area contributed by atoms with Crippen LogP contribution in [0.4, 0.5) is 0 Å². The maximum absolute atomic E-state index is 5.45. The number of allylic oxidation sites excluding steroid dienone is 2. The molecule has 0 spiro atoms. The molecule has 0 aliphatic heterocycles. The minimum absolute atomic E-state index is 0.579. The molecule has 1 aromatic heterocycles. The minimum atomic E-state index is 0.579. The molecule has 0 aliphatic rings. The molecule has 2 heteroatoms. The highest BCUT2D eigenvalue weighted by Crippen LogP contribution is 2.34. The smallest absolute Gasteiger partial charge is 0.120 e. The van der Waals surface area contributed by atoms with Crippen molar-refractivity contribution in [3.63, 3.8) is 0 Å². The third-order valence-corrected chi connectivity index (χ3v) is 4.69. The molecule has 0 fully saturated rings. The molecule has 1 atom stereocenters. The second-order valence-electron chi connectivity index (χ2n) is 6.68. The van der Waals surface area contributed by atoms with E-state index in [-0.39, 0.29) is 0 Å². The van der Waals surface area contributed by atoms with E-state index in [9.17, 15) is 0 Å². The molecule has 0 aliphatic carbocycles. The number of aromatic nitrogens is 1. The number of ether oxygens (including phenoxy) is 1. The van der Waals surface area contributed by atoms with Crippen LogP contribution in [0.3, 0.4) is 0 Å². The number of aryl methyl sites for hydroxylation is 1. The molecule has 0 unspecified atom stereocenters. The van der Waals surface area contributed by atoms with Gasteiger partial charge in [0.25, 0.3) is 0 Å². The number of methoxy groups -OCH3 is 1. The Balaban J connectivity index is 2.71. The van der Waals surface area contributed by atoms with Crippen LogP contribution in [0.2, 0.25) is 0 Å². The molecule has 0 saturated heterocycles. The predicted molar refractivity (Wildman–Crippen MR) is 107 cm³/mol. The fraction of sp³-hybridized carbons (Fsp3) is 0.455. The highest BCUT2D eigenvalue weighted by Gasteiger charge is 2.16. The van der Waals surface area contributed by atoms with Crippen molar-refractivity contribution in [2.24, 2.45) is 5.92 Å². The van der Waals surface area contributed by atoms with Gasteiger partial charge in [-0.25, -0.2) is 0 Å². The van der Waals surface area contributed by atoms with Gasteiger partial charge in [-0.3, -0.25) is 0 Å². The van der Waals surface area contributed by atoms with E-state index in [1.807, 2.05) is 0 Å². The Bertz CT molecular complexity index is 736. The standard InChI is InChI=1S/C22H31NO/c1-7-9-14-23-21-15-18(24-6)11-13-19(21)20(22(23)16(3)4)12-10-17(5)8-2/h10-13,15,17H,3,7-9,14H2,1-2,4-6H3/b12-10-/t17-/m1/s1. The Hall–Kier alpha value is -1.96. The first-order valence-electron chi connectivity index (χ1n) is 9.07. The van der Waals surface area contributed by atoms with Gasteiger partial charge in [0.05, 0.1) is 18.3 Å². The monoisotopic (exact) mass is 325 g/mol. The van der Waals surface area contributed by atoms with E-state index in [0.717, 1.165) is 30.7 Å². The molecule has 1 heterocycles. The Morgan fingerprint density at radius 2 is 2.08 bits per heavy atom. The lowest BCUT2D eigenvalue weighted by Gasteiger charge is -2.11. The van der Waals surface area contributed by atoms with Gasteiger partial charge in [0.15, 0.2) is 0 Å². The number of nitrogens with zero attached hydrogens (tertiary/aromatic N) is 1. The van der Waals surface area contributed by atoms with Crippen molar-refractivity contribution in [1.82, 2.24) is 4.57 Å². The summed E-state index contributed by atoms with van der Waals surface area (Å²) in [6.07, 6.45) is 8.10. The zero-order valence-corrected chi connectivity index (χ0v) is 15.9. The molecule has 0 saturated carbocycles. The van der Waals surface area contributed by atoms with Gasteiger partial charge in [0.1, 0.15) is 5.75 Å². The number of hydrogen-bond acceptors (Lipinski definition) is 1. The number of rotatable bonds is 8. The van der Waals surface area contributed by atoms with Gasteiger partial charge in [0, 0.05) is 23.6 Å². The first-order valence-corrected chi connectivity index (χ1v) is 9.07. The lowest BCUT2D eigenvalue weighted by Crippen LogP contribution is -2.02. The molecule has 2 aromatic rings. The summed E-state index contributed by atoms with van der Waals surface area (Å²) in [7, 11) is 1.73. The number of unbranched alkanes of at least 4 members (excludes halogenated alkanes) is 1. The van der Waals surface area contributed by atoms with Crippen LogP contribution in [-0.2, 0) is 6.54 Å². The molecule has 0 N–H and O–H groups in total. The summed E-state index contributed by atoms with van der Waals surface area (Å²) < 4.78 is 7.87. The Kier molecular flexibility index (Phi) is 6.30. The topological polar surface area (TPSA) is 14.2 Å². The van der Waals surface area contributed by atoms with Crippen molar-refractivity contribution in [3.05, 3.63) is 42.1 Å². The molecule has 0 amide bonds. The van der Waals surface area contributed by atoms with Gasteiger partial charge in [0.2, 0.25) is 0 Å². The van der Waals surface area contributed by atoms with E-state index in [4.69, 9.17) is 4.74 Å². The fourth-order valence-electron chi connectivity index (χ4n) is 3.06. The summed E-state index contributed by atoms with van der Waals surface area (Å²) in [4.78, 5) is 0. The van der Waals surface area contributed by atoms with Crippen molar-refractivity contribution in [2.75, 3.05) is 7.11 Å². The summed E-state index contributed by atoms with van der Waals surface area (Å²) in [5, 5.41) is 1.28. The average molecular weight is 325 g/mol.